The van der Waals surface area contributed by atoms with Crippen molar-refractivity contribution in [2.24, 2.45) is 7.05 Å². The molecule has 1 atom stereocenters. The van der Waals surface area contributed by atoms with E-state index in [2.05, 4.69) is 20.1 Å². The van der Waals surface area contributed by atoms with E-state index in [9.17, 15) is 8.42 Å². The summed E-state index contributed by atoms with van der Waals surface area (Å²) >= 11 is 0. The molecule has 1 unspecified atom stereocenters. The number of halogens is 1. The van der Waals surface area contributed by atoms with Gasteiger partial charge < -0.3 is 11.1 Å². The molecular formula is C21H28ClN7O2S. The second-order valence-electron chi connectivity index (χ2n) is 7.91. The Labute approximate surface area is 194 Å². The zero-order valence-electron chi connectivity index (χ0n) is 18.3. The fraction of sp³-hybridized carbons (Fsp3) is 0.381. The fourth-order valence-corrected chi connectivity index (χ4v) is 4.93. The topological polar surface area (TPSA) is 128 Å². The lowest BCUT2D eigenvalue weighted by molar-refractivity contribution is 0.552. The van der Waals surface area contributed by atoms with E-state index in [-0.39, 0.29) is 23.3 Å². The first-order chi connectivity index (χ1) is 14.7. The van der Waals surface area contributed by atoms with Crippen molar-refractivity contribution >= 4 is 28.2 Å². The van der Waals surface area contributed by atoms with Gasteiger partial charge in [0.1, 0.15) is 11.5 Å². The first-order valence-electron chi connectivity index (χ1n) is 10.2. The third kappa shape index (κ3) is 4.93. The molecule has 0 radical (unpaired) electrons. The SMILES string of the molecule is Cc1ccc(S(=O)(=O)NCC2CCCN2)cc1-c1cnc(N)c(-c2cn(C)nc2C)n1.Cl. The lowest BCUT2D eigenvalue weighted by Gasteiger charge is -2.14. The van der Waals surface area contributed by atoms with Gasteiger partial charge in [-0.3, -0.25) is 4.68 Å². The molecule has 9 nitrogen and oxygen atoms in total. The first kappa shape index (κ1) is 24.1. The number of rotatable bonds is 6. The Morgan fingerprint density at radius 3 is 2.72 bits per heavy atom. The number of hydrogen-bond donors (Lipinski definition) is 3. The van der Waals surface area contributed by atoms with Gasteiger partial charge in [0.05, 0.1) is 22.5 Å². The van der Waals surface area contributed by atoms with Crippen molar-refractivity contribution in [3.63, 3.8) is 0 Å². The van der Waals surface area contributed by atoms with Crippen LogP contribution >= 0.6 is 12.4 Å². The molecule has 4 N–H and O–H groups in total. The monoisotopic (exact) mass is 477 g/mol. The zero-order valence-corrected chi connectivity index (χ0v) is 19.9. The van der Waals surface area contributed by atoms with E-state index in [4.69, 9.17) is 10.7 Å². The molecule has 0 aliphatic carbocycles. The highest BCUT2D eigenvalue weighted by Gasteiger charge is 2.21. The Bertz CT molecular complexity index is 1220. The minimum Gasteiger partial charge on any atom is -0.382 e. The smallest absolute Gasteiger partial charge is 0.240 e. The summed E-state index contributed by atoms with van der Waals surface area (Å²) in [7, 11) is -1.82. The molecule has 0 amide bonds. The summed E-state index contributed by atoms with van der Waals surface area (Å²) in [6.45, 7) is 5.09. The normalized spacial score (nSPS) is 16.2. The maximum Gasteiger partial charge on any atom is 0.240 e. The third-order valence-corrected chi connectivity index (χ3v) is 6.97. The highest BCUT2D eigenvalue weighted by Crippen LogP contribution is 2.30. The van der Waals surface area contributed by atoms with Gasteiger partial charge >= 0.3 is 0 Å². The second kappa shape index (κ2) is 9.53. The van der Waals surface area contributed by atoms with Crippen molar-refractivity contribution in [1.82, 2.24) is 29.8 Å². The highest BCUT2D eigenvalue weighted by molar-refractivity contribution is 7.89. The van der Waals surface area contributed by atoms with Crippen LogP contribution in [0.5, 0.6) is 0 Å². The molecular weight excluding hydrogens is 450 g/mol. The van der Waals surface area contributed by atoms with E-state index in [1.165, 1.54) is 0 Å². The summed E-state index contributed by atoms with van der Waals surface area (Å²) in [5, 5.41) is 7.65. The molecule has 0 bridgehead atoms. The molecule has 3 aromatic rings. The van der Waals surface area contributed by atoms with Crippen molar-refractivity contribution in [3.8, 4) is 22.5 Å². The summed E-state index contributed by atoms with van der Waals surface area (Å²) in [5.74, 6) is 0.298. The molecule has 11 heteroatoms. The minimum atomic E-state index is -3.65. The van der Waals surface area contributed by atoms with E-state index < -0.39 is 10.0 Å². The number of sulfonamides is 1. The van der Waals surface area contributed by atoms with Gasteiger partial charge in [0.25, 0.3) is 0 Å². The highest BCUT2D eigenvalue weighted by atomic mass is 35.5. The van der Waals surface area contributed by atoms with Crippen LogP contribution < -0.4 is 15.8 Å². The molecule has 32 heavy (non-hydrogen) atoms. The predicted molar refractivity (Wildman–Crippen MR) is 127 cm³/mol. The van der Waals surface area contributed by atoms with Crippen molar-refractivity contribution in [2.45, 2.75) is 37.6 Å². The van der Waals surface area contributed by atoms with Gasteiger partial charge in [0.15, 0.2) is 0 Å². The number of hydrogen-bond acceptors (Lipinski definition) is 7. The van der Waals surface area contributed by atoms with Gasteiger partial charge in [-0.25, -0.2) is 23.1 Å². The van der Waals surface area contributed by atoms with Crippen LogP contribution in [0.3, 0.4) is 0 Å². The van der Waals surface area contributed by atoms with Crippen LogP contribution in [0.1, 0.15) is 24.1 Å². The van der Waals surface area contributed by atoms with Crippen LogP contribution in [0.25, 0.3) is 22.5 Å². The molecule has 1 aliphatic rings. The minimum absolute atomic E-state index is 0. The Balaban J connectivity index is 0.00000289. The van der Waals surface area contributed by atoms with E-state index >= 15 is 0 Å². The van der Waals surface area contributed by atoms with E-state index in [0.29, 0.717) is 29.3 Å². The number of benzene rings is 1. The number of nitrogens with one attached hydrogen (secondary N) is 2. The van der Waals surface area contributed by atoms with Crippen LogP contribution in [0.15, 0.2) is 35.5 Å². The lowest BCUT2D eigenvalue weighted by atomic mass is 10.1. The lowest BCUT2D eigenvalue weighted by Crippen LogP contribution is -2.37. The molecule has 172 valence electrons. The molecule has 1 saturated heterocycles. The number of anilines is 1. The van der Waals surface area contributed by atoms with Gasteiger partial charge in [-0.2, -0.15) is 5.10 Å². The number of nitrogens with zero attached hydrogens (tertiary/aromatic N) is 4. The molecule has 4 rings (SSSR count). The molecule has 0 spiro atoms. The van der Waals surface area contributed by atoms with E-state index in [1.54, 1.807) is 29.1 Å². The number of aromatic nitrogens is 4. The van der Waals surface area contributed by atoms with Gasteiger partial charge in [-0.05, 0) is 50.9 Å². The molecule has 3 heterocycles. The van der Waals surface area contributed by atoms with Crippen molar-refractivity contribution in [1.29, 1.82) is 0 Å². The maximum absolute atomic E-state index is 12.9. The summed E-state index contributed by atoms with van der Waals surface area (Å²) in [6.07, 6.45) is 5.45. The molecule has 0 saturated carbocycles. The van der Waals surface area contributed by atoms with Gasteiger partial charge in [-0.1, -0.05) is 6.07 Å². The molecule has 1 aliphatic heterocycles. The van der Waals surface area contributed by atoms with E-state index in [1.807, 2.05) is 27.1 Å². The Morgan fingerprint density at radius 1 is 1.28 bits per heavy atom. The third-order valence-electron chi connectivity index (χ3n) is 5.55. The average molecular weight is 478 g/mol. The largest absolute Gasteiger partial charge is 0.382 e. The van der Waals surface area contributed by atoms with Crippen LogP contribution in [0.4, 0.5) is 5.82 Å². The van der Waals surface area contributed by atoms with Gasteiger partial charge in [0.2, 0.25) is 10.0 Å². The number of nitrogen functional groups attached to an aromatic ring is 1. The second-order valence-corrected chi connectivity index (χ2v) is 9.68. The average Bonchev–Trinajstić information content (AvgIpc) is 3.36. The maximum atomic E-state index is 12.9. The molecule has 1 aromatic carbocycles. The standard InChI is InChI=1S/C21H27N7O2S.ClH/c1-13-6-7-16(31(29,30)25-10-15-5-4-8-23-15)9-17(13)19-11-24-21(22)20(26-19)18-12-28(3)27-14(18)2;/h6-7,9,11-12,15,23,25H,4-5,8,10H2,1-3H3,(H2,22,24);1H. The van der Waals surface area contributed by atoms with Crippen molar-refractivity contribution in [3.05, 3.63) is 41.9 Å². The van der Waals surface area contributed by atoms with Gasteiger partial charge in [0, 0.05) is 37.0 Å². The first-order valence-corrected chi connectivity index (χ1v) is 11.7. The Hall–Kier alpha value is -2.53. The van der Waals surface area contributed by atoms with Gasteiger partial charge in [-0.15, -0.1) is 12.4 Å². The summed E-state index contributed by atoms with van der Waals surface area (Å²) in [5.41, 5.74) is 10.3. The Kier molecular flexibility index (Phi) is 7.19. The Morgan fingerprint density at radius 2 is 2.06 bits per heavy atom. The van der Waals surface area contributed by atoms with Crippen LogP contribution in [0, 0.1) is 13.8 Å². The zero-order chi connectivity index (χ0) is 22.2. The number of aryl methyl sites for hydroxylation is 3. The summed E-state index contributed by atoms with van der Waals surface area (Å²) in [4.78, 5) is 9.22. The van der Waals surface area contributed by atoms with Crippen LogP contribution in [0.2, 0.25) is 0 Å². The fourth-order valence-electron chi connectivity index (χ4n) is 3.83. The van der Waals surface area contributed by atoms with Crippen molar-refractivity contribution in [2.75, 3.05) is 18.8 Å². The summed E-state index contributed by atoms with van der Waals surface area (Å²) < 4.78 is 30.1. The quantitative estimate of drug-likeness (QED) is 0.496. The predicted octanol–water partition coefficient (Wildman–Crippen LogP) is 2.20. The molecule has 2 aromatic heterocycles. The van der Waals surface area contributed by atoms with E-state index in [0.717, 1.165) is 36.2 Å². The number of nitrogens with two attached hydrogens (primary N) is 1. The van der Waals surface area contributed by atoms with Crippen molar-refractivity contribution < 1.29 is 8.42 Å². The summed E-state index contributed by atoms with van der Waals surface area (Å²) in [6, 6.07) is 5.21. The van der Waals surface area contributed by atoms with Crippen LogP contribution in [-0.2, 0) is 17.1 Å². The molecule has 1 fully saturated rings. The van der Waals surface area contributed by atoms with Crippen LogP contribution in [-0.4, -0.2) is 47.3 Å².